The molecule has 1 aromatic heterocycles. The van der Waals surface area contributed by atoms with Crippen molar-refractivity contribution < 1.29 is 9.63 Å². The highest BCUT2D eigenvalue weighted by Crippen LogP contribution is 2.33. The second-order valence-electron chi connectivity index (χ2n) is 6.47. The minimum Gasteiger partial charge on any atom is -0.392 e. The summed E-state index contributed by atoms with van der Waals surface area (Å²) < 4.78 is 5.50. The molecule has 0 unspecified atom stereocenters. The normalized spacial score (nSPS) is 20.2. The van der Waals surface area contributed by atoms with Crippen molar-refractivity contribution in [2.75, 3.05) is 6.54 Å². The summed E-state index contributed by atoms with van der Waals surface area (Å²) in [6.45, 7) is 1.14. The van der Waals surface area contributed by atoms with Gasteiger partial charge in [0.2, 0.25) is 11.7 Å². The Morgan fingerprint density at radius 1 is 1.19 bits per heavy atom. The van der Waals surface area contributed by atoms with Gasteiger partial charge in [0.15, 0.2) is 0 Å². The van der Waals surface area contributed by atoms with E-state index < -0.39 is 6.10 Å². The van der Waals surface area contributed by atoms with Crippen molar-refractivity contribution in [1.82, 2.24) is 15.0 Å². The standard InChI is InChI=1S/C20H18N4O2/c21-11-14-5-4-6-15(9-14)12-24-13-17(25)10-18(24)20-22-19(23-26-20)16-7-2-1-3-8-16/h1-9,17-18,25H,10,12-13H2/t17-,18+/m1/s1. The Bertz CT molecular complexity index is 932. The minimum atomic E-state index is -0.439. The van der Waals surface area contributed by atoms with Gasteiger partial charge in [0.05, 0.1) is 23.8 Å². The molecular weight excluding hydrogens is 328 g/mol. The van der Waals surface area contributed by atoms with Gasteiger partial charge >= 0.3 is 0 Å². The number of aromatic nitrogens is 2. The highest BCUT2D eigenvalue weighted by molar-refractivity contribution is 5.53. The molecule has 130 valence electrons. The van der Waals surface area contributed by atoms with Gasteiger partial charge < -0.3 is 9.63 Å². The number of benzene rings is 2. The van der Waals surface area contributed by atoms with Crippen LogP contribution in [0.1, 0.15) is 29.5 Å². The molecule has 0 amide bonds. The molecule has 0 bridgehead atoms. The molecule has 6 nitrogen and oxygen atoms in total. The second-order valence-corrected chi connectivity index (χ2v) is 6.47. The fourth-order valence-corrected chi connectivity index (χ4v) is 3.36. The van der Waals surface area contributed by atoms with Crippen LogP contribution in [0.2, 0.25) is 0 Å². The van der Waals surface area contributed by atoms with E-state index >= 15 is 0 Å². The predicted molar refractivity (Wildman–Crippen MR) is 94.7 cm³/mol. The van der Waals surface area contributed by atoms with E-state index in [1.807, 2.05) is 48.5 Å². The molecule has 0 spiro atoms. The van der Waals surface area contributed by atoms with Crippen molar-refractivity contribution in [2.45, 2.75) is 25.1 Å². The van der Waals surface area contributed by atoms with Crippen molar-refractivity contribution in [3.8, 4) is 17.5 Å². The summed E-state index contributed by atoms with van der Waals surface area (Å²) in [7, 11) is 0. The van der Waals surface area contributed by atoms with Gasteiger partial charge in [-0.15, -0.1) is 0 Å². The van der Waals surface area contributed by atoms with E-state index in [0.29, 0.717) is 36.8 Å². The molecule has 2 aromatic carbocycles. The lowest BCUT2D eigenvalue weighted by molar-refractivity contribution is 0.169. The molecule has 1 fully saturated rings. The van der Waals surface area contributed by atoms with Crippen molar-refractivity contribution in [2.24, 2.45) is 0 Å². The van der Waals surface area contributed by atoms with Crippen LogP contribution in [0.4, 0.5) is 0 Å². The van der Waals surface area contributed by atoms with Gasteiger partial charge in [0.1, 0.15) is 0 Å². The molecule has 1 N–H and O–H groups in total. The minimum absolute atomic E-state index is 0.138. The summed E-state index contributed by atoms with van der Waals surface area (Å²) in [6, 6.07) is 19.2. The molecule has 26 heavy (non-hydrogen) atoms. The summed E-state index contributed by atoms with van der Waals surface area (Å²) in [6.07, 6.45) is 0.111. The van der Waals surface area contributed by atoms with Crippen LogP contribution in [0.15, 0.2) is 59.1 Å². The lowest BCUT2D eigenvalue weighted by Crippen LogP contribution is -2.24. The van der Waals surface area contributed by atoms with Crippen molar-refractivity contribution in [3.05, 3.63) is 71.6 Å². The van der Waals surface area contributed by atoms with E-state index in [1.165, 1.54) is 0 Å². The zero-order valence-corrected chi connectivity index (χ0v) is 14.1. The molecule has 1 saturated heterocycles. The van der Waals surface area contributed by atoms with E-state index in [2.05, 4.69) is 21.1 Å². The van der Waals surface area contributed by atoms with Crippen molar-refractivity contribution >= 4 is 0 Å². The highest BCUT2D eigenvalue weighted by atomic mass is 16.5. The maximum atomic E-state index is 10.2. The van der Waals surface area contributed by atoms with E-state index in [4.69, 9.17) is 9.78 Å². The van der Waals surface area contributed by atoms with Crippen LogP contribution < -0.4 is 0 Å². The summed E-state index contributed by atoms with van der Waals surface area (Å²) in [5.74, 6) is 1.06. The number of rotatable bonds is 4. The first-order valence-electron chi connectivity index (χ1n) is 8.53. The summed E-state index contributed by atoms with van der Waals surface area (Å²) >= 11 is 0. The fraction of sp³-hybridized carbons (Fsp3) is 0.250. The van der Waals surface area contributed by atoms with E-state index in [-0.39, 0.29) is 6.04 Å². The summed E-state index contributed by atoms with van der Waals surface area (Å²) in [5, 5.41) is 23.3. The lowest BCUT2D eigenvalue weighted by Gasteiger charge is -2.21. The molecule has 4 rings (SSSR count). The number of β-amino-alcohol motifs (C(OH)–C–C–N with tert-alkyl or cyclic N) is 1. The average molecular weight is 346 g/mol. The van der Waals surface area contributed by atoms with Gasteiger partial charge in [0, 0.05) is 18.7 Å². The number of hydrogen-bond donors (Lipinski definition) is 1. The number of aliphatic hydroxyl groups is 1. The van der Waals surface area contributed by atoms with Crippen molar-refractivity contribution in [3.63, 3.8) is 0 Å². The maximum Gasteiger partial charge on any atom is 0.244 e. The molecule has 3 aromatic rings. The Labute approximate surface area is 151 Å². The third-order valence-electron chi connectivity index (χ3n) is 4.58. The van der Waals surface area contributed by atoms with Crippen LogP contribution in [0.25, 0.3) is 11.4 Å². The Balaban J connectivity index is 1.57. The molecular formula is C20H18N4O2. The second kappa shape index (κ2) is 7.08. The lowest BCUT2D eigenvalue weighted by atomic mass is 10.1. The molecule has 2 atom stereocenters. The first kappa shape index (κ1) is 16.5. The largest absolute Gasteiger partial charge is 0.392 e. The molecule has 0 radical (unpaired) electrons. The first-order chi connectivity index (χ1) is 12.7. The van der Waals surface area contributed by atoms with Crippen LogP contribution in [0.3, 0.4) is 0 Å². The molecule has 1 aliphatic heterocycles. The first-order valence-corrected chi connectivity index (χ1v) is 8.53. The van der Waals surface area contributed by atoms with Gasteiger partial charge in [-0.3, -0.25) is 4.90 Å². The van der Waals surface area contributed by atoms with Gasteiger partial charge in [-0.1, -0.05) is 47.6 Å². The van der Waals surface area contributed by atoms with Crippen LogP contribution in [0.5, 0.6) is 0 Å². The van der Waals surface area contributed by atoms with Crippen LogP contribution in [-0.2, 0) is 6.54 Å². The third-order valence-corrected chi connectivity index (χ3v) is 4.58. The van der Waals surface area contributed by atoms with Crippen LogP contribution in [0, 0.1) is 11.3 Å². The van der Waals surface area contributed by atoms with Gasteiger partial charge in [-0.25, -0.2) is 0 Å². The van der Waals surface area contributed by atoms with E-state index in [9.17, 15) is 5.11 Å². The Hall–Kier alpha value is -3.01. The molecule has 1 aliphatic rings. The average Bonchev–Trinajstić information content (AvgIpc) is 3.29. The number of aliphatic hydroxyl groups excluding tert-OH is 1. The quantitative estimate of drug-likeness (QED) is 0.782. The van der Waals surface area contributed by atoms with Gasteiger partial charge in [-0.05, 0) is 24.1 Å². The fourth-order valence-electron chi connectivity index (χ4n) is 3.36. The van der Waals surface area contributed by atoms with Gasteiger partial charge in [0.25, 0.3) is 0 Å². The molecule has 6 heteroatoms. The highest BCUT2D eigenvalue weighted by Gasteiger charge is 2.35. The van der Waals surface area contributed by atoms with Gasteiger partial charge in [-0.2, -0.15) is 10.2 Å². The van der Waals surface area contributed by atoms with E-state index in [0.717, 1.165) is 11.1 Å². The zero-order chi connectivity index (χ0) is 17.9. The Kier molecular flexibility index (Phi) is 4.48. The Morgan fingerprint density at radius 3 is 2.85 bits per heavy atom. The number of hydrogen-bond acceptors (Lipinski definition) is 6. The maximum absolute atomic E-state index is 10.2. The zero-order valence-electron chi connectivity index (χ0n) is 14.1. The van der Waals surface area contributed by atoms with Crippen molar-refractivity contribution in [1.29, 1.82) is 5.26 Å². The SMILES string of the molecule is N#Cc1cccc(CN2C[C@H](O)C[C@H]2c2nc(-c3ccccc3)no2)c1. The van der Waals surface area contributed by atoms with Crippen LogP contribution >= 0.6 is 0 Å². The molecule has 0 aliphatic carbocycles. The topological polar surface area (TPSA) is 86.2 Å². The van der Waals surface area contributed by atoms with E-state index in [1.54, 1.807) is 6.07 Å². The number of likely N-dealkylation sites (tertiary alicyclic amines) is 1. The summed E-state index contributed by atoms with van der Waals surface area (Å²) in [4.78, 5) is 6.65. The number of nitriles is 1. The number of nitrogens with zero attached hydrogens (tertiary/aromatic N) is 4. The smallest absolute Gasteiger partial charge is 0.244 e. The van der Waals surface area contributed by atoms with Crippen LogP contribution in [-0.4, -0.2) is 32.8 Å². The summed E-state index contributed by atoms with van der Waals surface area (Å²) in [5.41, 5.74) is 2.54. The third kappa shape index (κ3) is 3.36. The monoisotopic (exact) mass is 346 g/mol. The molecule has 0 saturated carbocycles. The Morgan fingerprint density at radius 2 is 2.04 bits per heavy atom. The molecule has 2 heterocycles. The predicted octanol–water partition coefficient (Wildman–Crippen LogP) is 2.92.